The Morgan fingerprint density at radius 1 is 0.968 bits per heavy atom. The predicted octanol–water partition coefficient (Wildman–Crippen LogP) is 5.21. The molecule has 5 rings (SSSR count). The third kappa shape index (κ3) is 3.51. The van der Waals surface area contributed by atoms with Crippen LogP contribution in [-0.4, -0.2) is 34.7 Å². The first-order valence-corrected chi connectivity index (χ1v) is 10.9. The number of carbonyl (C=O) groups excluding carboxylic acids is 1. The van der Waals surface area contributed by atoms with Crippen LogP contribution < -0.4 is 0 Å². The van der Waals surface area contributed by atoms with Crippen molar-refractivity contribution < 1.29 is 19.4 Å². The highest BCUT2D eigenvalue weighted by molar-refractivity contribution is 9.10. The summed E-state index contributed by atoms with van der Waals surface area (Å²) < 4.78 is 6.61. The lowest BCUT2D eigenvalue weighted by Crippen LogP contribution is -2.49. The molecule has 0 fully saturated rings. The Balaban J connectivity index is 1.38. The van der Waals surface area contributed by atoms with Crippen LogP contribution in [0.15, 0.2) is 71.2 Å². The summed E-state index contributed by atoms with van der Waals surface area (Å²) >= 11 is 3.45. The van der Waals surface area contributed by atoms with E-state index in [9.17, 15) is 14.7 Å². The van der Waals surface area contributed by atoms with Crippen LogP contribution in [0.1, 0.15) is 28.2 Å². The molecule has 1 N–H and O–H groups in total. The highest BCUT2D eigenvalue weighted by Gasteiger charge is 2.37. The topological polar surface area (TPSA) is 66.8 Å². The number of ether oxygens (including phenoxy) is 1. The monoisotopic (exact) mass is 477 g/mol. The molecule has 5 nitrogen and oxygen atoms in total. The maximum absolute atomic E-state index is 13.0. The van der Waals surface area contributed by atoms with Crippen LogP contribution in [-0.2, 0) is 22.5 Å². The van der Waals surface area contributed by atoms with Crippen molar-refractivity contribution in [2.24, 2.45) is 0 Å². The molecule has 156 valence electrons. The summed E-state index contributed by atoms with van der Waals surface area (Å²) in [6.45, 7) is 0.378. The molecule has 1 aliphatic carbocycles. The van der Waals surface area contributed by atoms with Crippen LogP contribution in [0.3, 0.4) is 0 Å². The zero-order valence-corrected chi connectivity index (χ0v) is 18.2. The Morgan fingerprint density at radius 2 is 1.61 bits per heavy atom. The Bertz CT molecular complexity index is 1150. The average molecular weight is 478 g/mol. The molecule has 0 saturated heterocycles. The number of benzene rings is 3. The van der Waals surface area contributed by atoms with Crippen molar-refractivity contribution in [3.63, 3.8) is 0 Å². The molecule has 0 saturated carbocycles. The maximum atomic E-state index is 13.0. The van der Waals surface area contributed by atoms with E-state index >= 15 is 0 Å². The fourth-order valence-electron chi connectivity index (χ4n) is 4.64. The fourth-order valence-corrected chi connectivity index (χ4v) is 5.05. The number of carboxylic acids is 1. The van der Waals surface area contributed by atoms with Gasteiger partial charge in [0.15, 0.2) is 0 Å². The van der Waals surface area contributed by atoms with Gasteiger partial charge in [-0.1, -0.05) is 70.5 Å². The first-order valence-electron chi connectivity index (χ1n) is 10.1. The number of rotatable bonds is 3. The lowest BCUT2D eigenvalue weighted by atomic mass is 9.94. The van der Waals surface area contributed by atoms with Crippen molar-refractivity contribution in [2.75, 3.05) is 6.61 Å². The smallest absolute Gasteiger partial charge is 0.410 e. The summed E-state index contributed by atoms with van der Waals surface area (Å²) in [5, 5.41) is 9.72. The van der Waals surface area contributed by atoms with E-state index in [2.05, 4.69) is 40.2 Å². The van der Waals surface area contributed by atoms with Gasteiger partial charge in [-0.2, -0.15) is 0 Å². The predicted molar refractivity (Wildman–Crippen MR) is 120 cm³/mol. The van der Waals surface area contributed by atoms with E-state index in [-0.39, 0.29) is 25.5 Å². The molecule has 6 heteroatoms. The van der Waals surface area contributed by atoms with Crippen molar-refractivity contribution in [3.05, 3.63) is 93.5 Å². The molecule has 0 aromatic heterocycles. The van der Waals surface area contributed by atoms with E-state index in [1.807, 2.05) is 42.5 Å². The van der Waals surface area contributed by atoms with Crippen LogP contribution in [0.25, 0.3) is 11.1 Å². The average Bonchev–Trinajstić information content (AvgIpc) is 3.10. The third-order valence-corrected chi connectivity index (χ3v) is 6.65. The molecule has 1 heterocycles. The molecule has 3 aromatic carbocycles. The van der Waals surface area contributed by atoms with E-state index < -0.39 is 18.1 Å². The van der Waals surface area contributed by atoms with Gasteiger partial charge >= 0.3 is 12.1 Å². The minimum atomic E-state index is -1.03. The van der Waals surface area contributed by atoms with Gasteiger partial charge in [0, 0.05) is 16.8 Å². The Morgan fingerprint density at radius 3 is 2.26 bits per heavy atom. The van der Waals surface area contributed by atoms with E-state index in [1.54, 1.807) is 0 Å². The summed E-state index contributed by atoms with van der Waals surface area (Å²) in [6, 6.07) is 21.0. The molecular weight excluding hydrogens is 458 g/mol. The second-order valence-electron chi connectivity index (χ2n) is 7.90. The second kappa shape index (κ2) is 7.85. The number of nitrogens with zero attached hydrogens (tertiary/aromatic N) is 1. The van der Waals surface area contributed by atoms with Crippen LogP contribution in [0.4, 0.5) is 4.79 Å². The van der Waals surface area contributed by atoms with E-state index in [1.165, 1.54) is 4.90 Å². The van der Waals surface area contributed by atoms with Crippen LogP contribution in [0.5, 0.6) is 0 Å². The molecule has 31 heavy (non-hydrogen) atoms. The normalized spacial score (nSPS) is 16.9. The molecule has 1 aliphatic heterocycles. The molecule has 1 amide bonds. The zero-order chi connectivity index (χ0) is 21.5. The van der Waals surface area contributed by atoms with Crippen molar-refractivity contribution >= 4 is 28.0 Å². The van der Waals surface area contributed by atoms with Crippen molar-refractivity contribution in [3.8, 4) is 11.1 Å². The number of amides is 1. The van der Waals surface area contributed by atoms with Gasteiger partial charge < -0.3 is 9.84 Å². The minimum Gasteiger partial charge on any atom is -0.480 e. The van der Waals surface area contributed by atoms with Crippen LogP contribution >= 0.6 is 15.9 Å². The summed E-state index contributed by atoms with van der Waals surface area (Å²) in [4.78, 5) is 26.2. The Kier molecular flexibility index (Phi) is 5.02. The van der Waals surface area contributed by atoms with Gasteiger partial charge in [-0.05, 0) is 45.5 Å². The van der Waals surface area contributed by atoms with E-state index in [4.69, 9.17) is 4.74 Å². The van der Waals surface area contributed by atoms with Crippen LogP contribution in [0, 0.1) is 0 Å². The lowest BCUT2D eigenvalue weighted by molar-refractivity contribution is -0.143. The number of halogens is 1. The van der Waals surface area contributed by atoms with Crippen LogP contribution in [0.2, 0.25) is 0 Å². The van der Waals surface area contributed by atoms with Gasteiger partial charge in [0.25, 0.3) is 0 Å². The van der Waals surface area contributed by atoms with Gasteiger partial charge in [0.2, 0.25) is 0 Å². The number of hydrogen-bond donors (Lipinski definition) is 1. The molecule has 0 spiro atoms. The maximum Gasteiger partial charge on any atom is 0.410 e. The van der Waals surface area contributed by atoms with Gasteiger partial charge in [0.1, 0.15) is 12.6 Å². The number of fused-ring (bicyclic) bond motifs is 4. The standard InChI is InChI=1S/C25H20BrNO4/c26-17-10-9-15-12-23(24(28)29)27(13-16(15)11-17)25(30)31-14-22-20-7-3-1-5-18(20)19-6-2-4-8-21(19)22/h1-11,22-23H,12-14H2,(H,28,29)/t23-/m0/s1. The summed E-state index contributed by atoms with van der Waals surface area (Å²) in [7, 11) is 0. The number of hydrogen-bond acceptors (Lipinski definition) is 3. The molecule has 0 bridgehead atoms. The van der Waals surface area contributed by atoms with Crippen molar-refractivity contribution in [1.29, 1.82) is 0 Å². The van der Waals surface area contributed by atoms with Gasteiger partial charge in [0.05, 0.1) is 6.54 Å². The highest BCUT2D eigenvalue weighted by atomic mass is 79.9. The van der Waals surface area contributed by atoms with E-state index in [0.29, 0.717) is 0 Å². The highest BCUT2D eigenvalue weighted by Crippen LogP contribution is 2.44. The summed E-state index contributed by atoms with van der Waals surface area (Å²) in [5.74, 6) is -1.09. The number of carbonyl (C=O) groups is 2. The molecule has 1 atom stereocenters. The lowest BCUT2D eigenvalue weighted by Gasteiger charge is -2.34. The summed E-state index contributed by atoms with van der Waals surface area (Å²) in [6.07, 6.45) is -0.331. The van der Waals surface area contributed by atoms with Gasteiger partial charge in [-0.25, -0.2) is 9.59 Å². The Labute approximate surface area is 188 Å². The SMILES string of the molecule is O=C(O)[C@@H]1Cc2ccc(Br)cc2CN1C(=O)OCC1c2ccccc2-c2ccccc21. The molecule has 0 radical (unpaired) electrons. The second-order valence-corrected chi connectivity index (χ2v) is 8.82. The zero-order valence-electron chi connectivity index (χ0n) is 16.6. The van der Waals surface area contributed by atoms with Gasteiger partial charge in [-0.3, -0.25) is 4.90 Å². The molecular formula is C25H20BrNO4. The quantitative estimate of drug-likeness (QED) is 0.562. The first kappa shape index (κ1) is 19.8. The van der Waals surface area contributed by atoms with E-state index in [0.717, 1.165) is 37.9 Å². The first-order chi connectivity index (χ1) is 15.0. The number of carboxylic acid groups (broad SMARTS) is 1. The number of aliphatic carboxylic acids is 1. The molecule has 2 aliphatic rings. The Hall–Kier alpha value is -3.12. The third-order valence-electron chi connectivity index (χ3n) is 6.15. The van der Waals surface area contributed by atoms with Gasteiger partial charge in [-0.15, -0.1) is 0 Å². The largest absolute Gasteiger partial charge is 0.480 e. The van der Waals surface area contributed by atoms with Crippen molar-refractivity contribution in [2.45, 2.75) is 24.9 Å². The molecule has 0 unspecified atom stereocenters. The minimum absolute atomic E-state index is 0.0640. The summed E-state index contributed by atoms with van der Waals surface area (Å²) in [5.41, 5.74) is 6.43. The molecule has 3 aromatic rings. The van der Waals surface area contributed by atoms with Crippen molar-refractivity contribution in [1.82, 2.24) is 4.90 Å². The fraction of sp³-hybridized carbons (Fsp3) is 0.200.